The van der Waals surface area contributed by atoms with Crippen molar-refractivity contribution in [2.75, 3.05) is 0 Å². The molecule has 0 saturated heterocycles. The van der Waals surface area contributed by atoms with Crippen LogP contribution in [0, 0.1) is 6.92 Å². The highest BCUT2D eigenvalue weighted by molar-refractivity contribution is 6.30. The summed E-state index contributed by atoms with van der Waals surface area (Å²) in [6.07, 6.45) is 2.40. The summed E-state index contributed by atoms with van der Waals surface area (Å²) in [5.41, 5.74) is 2.05. The van der Waals surface area contributed by atoms with Crippen molar-refractivity contribution >= 4 is 11.6 Å². The van der Waals surface area contributed by atoms with Gasteiger partial charge in [0.05, 0.1) is 0 Å². The van der Waals surface area contributed by atoms with E-state index >= 15 is 0 Å². The van der Waals surface area contributed by atoms with E-state index in [0.717, 1.165) is 11.1 Å². The van der Waals surface area contributed by atoms with E-state index in [1.54, 1.807) is 6.07 Å². The fourth-order valence-electron chi connectivity index (χ4n) is 1.53. The lowest BCUT2D eigenvalue weighted by Crippen LogP contribution is -2.07. The zero-order valence-corrected chi connectivity index (χ0v) is 9.61. The molecule has 0 aliphatic heterocycles. The average molecular weight is 214 g/mol. The van der Waals surface area contributed by atoms with E-state index in [-0.39, 0.29) is 5.56 Å². The zero-order valence-electron chi connectivity index (χ0n) is 8.86. The molecule has 1 aromatic heterocycles. The van der Waals surface area contributed by atoms with Gasteiger partial charge in [-0.3, -0.25) is 4.79 Å². The minimum absolute atomic E-state index is 0.109. The third-order valence-corrected chi connectivity index (χ3v) is 2.53. The molecule has 2 nitrogen and oxygen atoms in total. The predicted octanol–water partition coefficient (Wildman–Crippen LogP) is 3.24. The van der Waals surface area contributed by atoms with E-state index in [0.29, 0.717) is 11.1 Å². The SMILES string of the molecule is CC.Cc1cc(=O)[nH]c(Cl)c1C1CC1. The molecule has 1 aliphatic carbocycles. The highest BCUT2D eigenvalue weighted by Gasteiger charge is 2.27. The van der Waals surface area contributed by atoms with Gasteiger partial charge in [0.15, 0.2) is 0 Å². The summed E-state index contributed by atoms with van der Waals surface area (Å²) < 4.78 is 0. The van der Waals surface area contributed by atoms with Gasteiger partial charge in [-0.05, 0) is 36.8 Å². The van der Waals surface area contributed by atoms with E-state index in [9.17, 15) is 4.79 Å². The highest BCUT2D eigenvalue weighted by Crippen LogP contribution is 2.43. The molecule has 0 amide bonds. The molecule has 3 heteroatoms. The van der Waals surface area contributed by atoms with E-state index < -0.39 is 0 Å². The van der Waals surface area contributed by atoms with E-state index in [4.69, 9.17) is 11.6 Å². The van der Waals surface area contributed by atoms with E-state index in [1.807, 2.05) is 20.8 Å². The van der Waals surface area contributed by atoms with Crippen molar-refractivity contribution in [3.8, 4) is 0 Å². The van der Waals surface area contributed by atoms with Crippen LogP contribution in [0.2, 0.25) is 5.15 Å². The summed E-state index contributed by atoms with van der Waals surface area (Å²) >= 11 is 5.91. The van der Waals surface area contributed by atoms with Crippen LogP contribution >= 0.6 is 11.6 Å². The molecule has 0 spiro atoms. The smallest absolute Gasteiger partial charge is 0.249 e. The normalized spacial score (nSPS) is 14.6. The summed E-state index contributed by atoms with van der Waals surface area (Å²) in [5.74, 6) is 0.592. The molecule has 78 valence electrons. The molecule has 1 heterocycles. The lowest BCUT2D eigenvalue weighted by atomic mass is 10.1. The number of hydrogen-bond donors (Lipinski definition) is 1. The van der Waals surface area contributed by atoms with Gasteiger partial charge in [0, 0.05) is 6.07 Å². The van der Waals surface area contributed by atoms with Crippen molar-refractivity contribution in [1.82, 2.24) is 4.98 Å². The second-order valence-electron chi connectivity index (χ2n) is 3.32. The number of rotatable bonds is 1. The van der Waals surface area contributed by atoms with Crippen LogP contribution in [0.5, 0.6) is 0 Å². The third-order valence-electron chi connectivity index (χ3n) is 2.23. The molecular weight excluding hydrogens is 198 g/mol. The first-order valence-corrected chi connectivity index (χ1v) is 5.45. The Balaban J connectivity index is 0.000000461. The Morgan fingerprint density at radius 2 is 2.00 bits per heavy atom. The van der Waals surface area contributed by atoms with Gasteiger partial charge < -0.3 is 4.98 Å². The van der Waals surface area contributed by atoms with Gasteiger partial charge >= 0.3 is 0 Å². The fourth-order valence-corrected chi connectivity index (χ4v) is 1.93. The topological polar surface area (TPSA) is 32.9 Å². The molecule has 1 fully saturated rings. The standard InChI is InChI=1S/C9H10ClNO.C2H6/c1-5-4-7(12)11-9(10)8(5)6-2-3-6;1-2/h4,6H,2-3H2,1H3,(H,11,12);1-2H3. The monoisotopic (exact) mass is 213 g/mol. The van der Waals surface area contributed by atoms with Crippen molar-refractivity contribution in [3.63, 3.8) is 0 Å². The van der Waals surface area contributed by atoms with Crippen molar-refractivity contribution in [2.24, 2.45) is 0 Å². The molecule has 1 saturated carbocycles. The van der Waals surface area contributed by atoms with Gasteiger partial charge in [0.2, 0.25) is 5.56 Å². The molecule has 1 N–H and O–H groups in total. The summed E-state index contributed by atoms with van der Waals surface area (Å²) in [6.45, 7) is 5.94. The number of pyridine rings is 1. The number of hydrogen-bond acceptors (Lipinski definition) is 1. The Bertz CT molecular complexity index is 340. The Kier molecular flexibility index (Phi) is 3.76. The number of nitrogens with one attached hydrogen (secondary N) is 1. The zero-order chi connectivity index (χ0) is 10.7. The van der Waals surface area contributed by atoms with Crippen LogP contribution in [0.25, 0.3) is 0 Å². The highest BCUT2D eigenvalue weighted by atomic mass is 35.5. The summed E-state index contributed by atoms with van der Waals surface area (Å²) in [4.78, 5) is 13.6. The van der Waals surface area contributed by atoms with Crippen LogP contribution < -0.4 is 5.56 Å². The minimum Gasteiger partial charge on any atom is -0.313 e. The summed E-state index contributed by atoms with van der Waals surface area (Å²) in [7, 11) is 0. The number of aryl methyl sites for hydroxylation is 1. The molecular formula is C11H16ClNO. The molecule has 1 aliphatic rings. The second-order valence-corrected chi connectivity index (χ2v) is 3.70. The molecule has 0 radical (unpaired) electrons. The average Bonchev–Trinajstić information content (AvgIpc) is 2.90. The third kappa shape index (κ3) is 2.38. The van der Waals surface area contributed by atoms with E-state index in [1.165, 1.54) is 12.8 Å². The molecule has 14 heavy (non-hydrogen) atoms. The molecule has 1 aromatic rings. The number of aromatic amines is 1. The van der Waals surface area contributed by atoms with Crippen LogP contribution in [-0.2, 0) is 0 Å². The van der Waals surface area contributed by atoms with Crippen LogP contribution in [-0.4, -0.2) is 4.98 Å². The van der Waals surface area contributed by atoms with Crippen LogP contribution in [0.3, 0.4) is 0 Å². The van der Waals surface area contributed by atoms with E-state index in [2.05, 4.69) is 4.98 Å². The Morgan fingerprint density at radius 3 is 2.43 bits per heavy atom. The van der Waals surface area contributed by atoms with Crippen molar-refractivity contribution in [1.29, 1.82) is 0 Å². The van der Waals surface area contributed by atoms with Crippen LogP contribution in [0.15, 0.2) is 10.9 Å². The summed E-state index contributed by atoms with van der Waals surface area (Å²) in [5, 5.41) is 0.530. The quantitative estimate of drug-likeness (QED) is 0.714. The van der Waals surface area contributed by atoms with Gasteiger partial charge in [0.1, 0.15) is 5.15 Å². The summed E-state index contributed by atoms with van der Waals surface area (Å²) in [6, 6.07) is 1.61. The molecule has 0 bridgehead atoms. The molecule has 2 rings (SSSR count). The number of aromatic nitrogens is 1. The first-order chi connectivity index (χ1) is 6.68. The Morgan fingerprint density at radius 1 is 1.43 bits per heavy atom. The van der Waals surface area contributed by atoms with Crippen molar-refractivity contribution < 1.29 is 0 Å². The Hall–Kier alpha value is -0.760. The first-order valence-electron chi connectivity index (χ1n) is 5.08. The maximum atomic E-state index is 11.0. The fraction of sp³-hybridized carbons (Fsp3) is 0.545. The van der Waals surface area contributed by atoms with Gasteiger partial charge in [-0.2, -0.15) is 0 Å². The first kappa shape index (κ1) is 11.3. The van der Waals surface area contributed by atoms with Crippen LogP contribution in [0.1, 0.15) is 43.7 Å². The lowest BCUT2D eigenvalue weighted by Gasteiger charge is -2.04. The lowest BCUT2D eigenvalue weighted by molar-refractivity contribution is 1.04. The number of H-pyrrole nitrogens is 1. The molecule has 0 unspecified atom stereocenters. The maximum Gasteiger partial charge on any atom is 0.249 e. The van der Waals surface area contributed by atoms with Crippen molar-refractivity contribution in [3.05, 3.63) is 32.7 Å². The molecule has 0 atom stereocenters. The number of halogens is 1. The van der Waals surface area contributed by atoms with Gasteiger partial charge in [-0.1, -0.05) is 25.4 Å². The largest absolute Gasteiger partial charge is 0.313 e. The Labute approximate surface area is 89.3 Å². The minimum atomic E-state index is -0.109. The maximum absolute atomic E-state index is 11.0. The van der Waals surface area contributed by atoms with Gasteiger partial charge in [-0.25, -0.2) is 0 Å². The van der Waals surface area contributed by atoms with Gasteiger partial charge in [0.25, 0.3) is 0 Å². The van der Waals surface area contributed by atoms with Gasteiger partial charge in [-0.15, -0.1) is 0 Å². The second kappa shape index (κ2) is 4.65. The predicted molar refractivity (Wildman–Crippen MR) is 60.1 cm³/mol. The van der Waals surface area contributed by atoms with Crippen molar-refractivity contribution in [2.45, 2.75) is 39.5 Å². The molecule has 0 aromatic carbocycles. The van der Waals surface area contributed by atoms with Crippen LogP contribution in [0.4, 0.5) is 0 Å².